The SMILES string of the molecule is COc1cccc([C@@H]2NCC[C@@H]2c2ccccc2)c1. The normalized spacial score (nSPS) is 22.4. The lowest BCUT2D eigenvalue weighted by atomic mass is 9.88. The van der Waals surface area contributed by atoms with E-state index < -0.39 is 0 Å². The second-order valence-electron chi connectivity index (χ2n) is 5.01. The van der Waals surface area contributed by atoms with E-state index in [-0.39, 0.29) is 0 Å². The van der Waals surface area contributed by atoms with E-state index in [2.05, 4.69) is 53.8 Å². The van der Waals surface area contributed by atoms with Crippen LogP contribution in [0.5, 0.6) is 5.75 Å². The van der Waals surface area contributed by atoms with E-state index in [0.29, 0.717) is 12.0 Å². The van der Waals surface area contributed by atoms with Crippen LogP contribution >= 0.6 is 0 Å². The van der Waals surface area contributed by atoms with Crippen molar-refractivity contribution >= 4 is 0 Å². The highest BCUT2D eigenvalue weighted by atomic mass is 16.5. The molecule has 98 valence electrons. The summed E-state index contributed by atoms with van der Waals surface area (Å²) >= 11 is 0. The van der Waals surface area contributed by atoms with E-state index in [1.54, 1.807) is 7.11 Å². The van der Waals surface area contributed by atoms with Crippen LogP contribution in [-0.2, 0) is 0 Å². The highest BCUT2D eigenvalue weighted by molar-refractivity contribution is 5.34. The first-order valence-corrected chi connectivity index (χ1v) is 6.81. The lowest BCUT2D eigenvalue weighted by Gasteiger charge is -2.21. The minimum Gasteiger partial charge on any atom is -0.497 e. The van der Waals surface area contributed by atoms with Crippen LogP contribution in [0, 0.1) is 0 Å². The first-order valence-electron chi connectivity index (χ1n) is 6.81. The molecule has 1 N–H and O–H groups in total. The highest BCUT2D eigenvalue weighted by Gasteiger charge is 2.29. The number of methoxy groups -OCH3 is 1. The summed E-state index contributed by atoms with van der Waals surface area (Å²) in [5, 5.41) is 3.62. The van der Waals surface area contributed by atoms with Crippen molar-refractivity contribution in [3.05, 3.63) is 65.7 Å². The standard InChI is InChI=1S/C17H19NO/c1-19-15-9-5-8-14(12-15)17-16(10-11-18-17)13-6-3-2-4-7-13/h2-9,12,16-18H,10-11H2,1H3/t16-,17+/m1/s1. The van der Waals surface area contributed by atoms with Crippen molar-refractivity contribution < 1.29 is 4.74 Å². The van der Waals surface area contributed by atoms with Crippen molar-refractivity contribution in [3.63, 3.8) is 0 Å². The van der Waals surface area contributed by atoms with Crippen LogP contribution in [0.4, 0.5) is 0 Å². The Morgan fingerprint density at radius 2 is 1.79 bits per heavy atom. The minimum atomic E-state index is 0.387. The van der Waals surface area contributed by atoms with Crippen LogP contribution in [0.3, 0.4) is 0 Å². The summed E-state index contributed by atoms with van der Waals surface area (Å²) in [7, 11) is 1.72. The van der Waals surface area contributed by atoms with Gasteiger partial charge in [-0.3, -0.25) is 0 Å². The molecule has 0 bridgehead atoms. The van der Waals surface area contributed by atoms with Gasteiger partial charge in [0.2, 0.25) is 0 Å². The number of nitrogens with one attached hydrogen (secondary N) is 1. The average molecular weight is 253 g/mol. The molecule has 1 saturated heterocycles. The predicted molar refractivity (Wildman–Crippen MR) is 77.5 cm³/mol. The van der Waals surface area contributed by atoms with Crippen molar-refractivity contribution in [1.82, 2.24) is 5.32 Å². The summed E-state index contributed by atoms with van der Waals surface area (Å²) in [5.74, 6) is 1.48. The van der Waals surface area contributed by atoms with Crippen LogP contribution in [-0.4, -0.2) is 13.7 Å². The van der Waals surface area contributed by atoms with Crippen LogP contribution in [0.2, 0.25) is 0 Å². The van der Waals surface area contributed by atoms with Crippen molar-refractivity contribution in [2.45, 2.75) is 18.4 Å². The lowest BCUT2D eigenvalue weighted by Crippen LogP contribution is -2.17. The van der Waals surface area contributed by atoms with Gasteiger partial charge in [0.25, 0.3) is 0 Å². The van der Waals surface area contributed by atoms with Gasteiger partial charge < -0.3 is 10.1 Å². The van der Waals surface area contributed by atoms with Crippen LogP contribution in [0.15, 0.2) is 54.6 Å². The average Bonchev–Trinajstić information content (AvgIpc) is 2.98. The molecule has 1 fully saturated rings. The molecule has 3 rings (SSSR count). The van der Waals surface area contributed by atoms with Crippen LogP contribution in [0.25, 0.3) is 0 Å². The van der Waals surface area contributed by atoms with Gasteiger partial charge in [-0.05, 0) is 36.2 Å². The summed E-state index contributed by atoms with van der Waals surface area (Å²) in [4.78, 5) is 0. The van der Waals surface area contributed by atoms with E-state index in [1.165, 1.54) is 17.5 Å². The monoisotopic (exact) mass is 253 g/mol. The summed E-state index contributed by atoms with van der Waals surface area (Å²) in [6, 6.07) is 19.5. The van der Waals surface area contributed by atoms with Gasteiger partial charge >= 0.3 is 0 Å². The molecular formula is C17H19NO. The predicted octanol–water partition coefficient (Wildman–Crippen LogP) is 3.51. The van der Waals surface area contributed by atoms with Crippen LogP contribution in [0.1, 0.15) is 29.5 Å². The molecule has 0 aliphatic carbocycles. The summed E-state index contributed by atoms with van der Waals surface area (Å²) in [5.41, 5.74) is 2.73. The molecule has 2 nitrogen and oxygen atoms in total. The lowest BCUT2D eigenvalue weighted by molar-refractivity contribution is 0.413. The number of rotatable bonds is 3. The van der Waals surface area contributed by atoms with E-state index in [4.69, 9.17) is 4.74 Å². The van der Waals surface area contributed by atoms with Crippen molar-refractivity contribution in [2.75, 3.05) is 13.7 Å². The Kier molecular flexibility index (Phi) is 3.51. The van der Waals surface area contributed by atoms with Gasteiger partial charge in [-0.15, -0.1) is 0 Å². The Hall–Kier alpha value is -1.80. The van der Waals surface area contributed by atoms with Crippen molar-refractivity contribution in [2.24, 2.45) is 0 Å². The second-order valence-corrected chi connectivity index (χ2v) is 5.01. The molecule has 2 heteroatoms. The minimum absolute atomic E-state index is 0.387. The number of hydrogen-bond donors (Lipinski definition) is 1. The van der Waals surface area contributed by atoms with Gasteiger partial charge in [-0.1, -0.05) is 42.5 Å². The molecule has 0 amide bonds. The quantitative estimate of drug-likeness (QED) is 0.903. The summed E-state index contributed by atoms with van der Waals surface area (Å²) in [6.45, 7) is 1.07. The maximum absolute atomic E-state index is 5.33. The van der Waals surface area contributed by atoms with Gasteiger partial charge in [0, 0.05) is 12.0 Å². The van der Waals surface area contributed by atoms with Crippen LogP contribution < -0.4 is 10.1 Å². The fraction of sp³-hybridized carbons (Fsp3) is 0.294. The molecule has 1 aliphatic rings. The fourth-order valence-corrected chi connectivity index (χ4v) is 2.95. The van der Waals surface area contributed by atoms with Crippen molar-refractivity contribution in [1.29, 1.82) is 0 Å². The van der Waals surface area contributed by atoms with E-state index in [0.717, 1.165) is 12.3 Å². The summed E-state index contributed by atoms with van der Waals surface area (Å²) in [6.07, 6.45) is 1.19. The maximum Gasteiger partial charge on any atom is 0.119 e. The third kappa shape index (κ3) is 2.49. The van der Waals surface area contributed by atoms with Gasteiger partial charge in [0.05, 0.1) is 7.11 Å². The molecule has 2 aromatic carbocycles. The first-order chi connectivity index (χ1) is 9.38. The van der Waals surface area contributed by atoms with E-state index >= 15 is 0 Å². The maximum atomic E-state index is 5.33. The van der Waals surface area contributed by atoms with Crippen molar-refractivity contribution in [3.8, 4) is 5.75 Å². The molecule has 0 spiro atoms. The van der Waals surface area contributed by atoms with E-state index in [9.17, 15) is 0 Å². The number of ether oxygens (including phenoxy) is 1. The van der Waals surface area contributed by atoms with Gasteiger partial charge in [0.1, 0.15) is 5.75 Å². The third-order valence-electron chi connectivity index (χ3n) is 3.90. The Balaban J connectivity index is 1.90. The second kappa shape index (κ2) is 5.45. The van der Waals surface area contributed by atoms with Gasteiger partial charge in [-0.2, -0.15) is 0 Å². The first kappa shape index (κ1) is 12.2. The zero-order valence-electron chi connectivity index (χ0n) is 11.2. The molecule has 0 saturated carbocycles. The zero-order chi connectivity index (χ0) is 13.1. The molecule has 19 heavy (non-hydrogen) atoms. The zero-order valence-corrected chi connectivity index (χ0v) is 11.2. The Bertz CT molecular complexity index is 538. The Labute approximate surface area is 114 Å². The van der Waals surface area contributed by atoms with Gasteiger partial charge in [-0.25, -0.2) is 0 Å². The topological polar surface area (TPSA) is 21.3 Å². The number of benzene rings is 2. The molecule has 1 aliphatic heterocycles. The molecule has 0 aromatic heterocycles. The number of hydrogen-bond acceptors (Lipinski definition) is 2. The molecule has 0 radical (unpaired) electrons. The fourth-order valence-electron chi connectivity index (χ4n) is 2.95. The summed E-state index contributed by atoms with van der Waals surface area (Å²) < 4.78 is 5.33. The molecular weight excluding hydrogens is 234 g/mol. The largest absolute Gasteiger partial charge is 0.497 e. The van der Waals surface area contributed by atoms with Gasteiger partial charge in [0.15, 0.2) is 0 Å². The highest BCUT2D eigenvalue weighted by Crippen LogP contribution is 2.38. The third-order valence-corrected chi connectivity index (χ3v) is 3.90. The molecule has 1 heterocycles. The smallest absolute Gasteiger partial charge is 0.119 e. The molecule has 0 unspecified atom stereocenters. The Morgan fingerprint density at radius 3 is 2.58 bits per heavy atom. The molecule has 2 atom stereocenters. The molecule has 2 aromatic rings. The van der Waals surface area contributed by atoms with E-state index in [1.807, 2.05) is 6.07 Å². The Morgan fingerprint density at radius 1 is 1.00 bits per heavy atom.